The highest BCUT2D eigenvalue weighted by Gasteiger charge is 2.13. The predicted octanol–water partition coefficient (Wildman–Crippen LogP) is 2.72. The van der Waals surface area contributed by atoms with E-state index >= 15 is 0 Å². The van der Waals surface area contributed by atoms with Crippen LogP contribution in [0.5, 0.6) is 5.75 Å². The van der Waals surface area contributed by atoms with Gasteiger partial charge in [0.25, 0.3) is 0 Å². The highest BCUT2D eigenvalue weighted by atomic mass is 19.1. The van der Waals surface area contributed by atoms with Crippen LogP contribution in [0.15, 0.2) is 42.5 Å². The van der Waals surface area contributed by atoms with Crippen molar-refractivity contribution in [2.75, 3.05) is 7.11 Å². The van der Waals surface area contributed by atoms with Gasteiger partial charge in [-0.25, -0.2) is 4.39 Å². The van der Waals surface area contributed by atoms with Gasteiger partial charge < -0.3 is 9.84 Å². The minimum atomic E-state index is -0.340. The Morgan fingerprint density at radius 2 is 1.95 bits per heavy atom. The second-order valence-corrected chi connectivity index (χ2v) is 4.75. The third-order valence-electron chi connectivity index (χ3n) is 3.44. The van der Waals surface area contributed by atoms with Gasteiger partial charge in [0, 0.05) is 5.39 Å². The first-order valence-corrected chi connectivity index (χ1v) is 6.60. The second kappa shape index (κ2) is 5.54. The third kappa shape index (κ3) is 2.48. The zero-order valence-corrected chi connectivity index (χ0v) is 11.6. The predicted molar refractivity (Wildman–Crippen MR) is 77.7 cm³/mol. The molecule has 0 saturated carbocycles. The standard InChI is InChI=1S/C16H15FN2O2/c1-21-12-7-5-11(6-8-12)9-19-16-13(15(10-20)18-19)3-2-4-14(16)17/h2-8,20H,9-10H2,1H3. The number of para-hydroxylation sites is 1. The van der Waals surface area contributed by atoms with Crippen molar-refractivity contribution in [1.29, 1.82) is 0 Å². The number of ether oxygens (including phenoxy) is 1. The number of benzene rings is 2. The summed E-state index contributed by atoms with van der Waals surface area (Å²) in [6, 6.07) is 12.3. The van der Waals surface area contributed by atoms with E-state index in [1.165, 1.54) is 6.07 Å². The Labute approximate surface area is 121 Å². The van der Waals surface area contributed by atoms with Crippen LogP contribution in [0, 0.1) is 5.82 Å². The molecule has 0 fully saturated rings. The summed E-state index contributed by atoms with van der Waals surface area (Å²) in [6.07, 6.45) is 0. The Morgan fingerprint density at radius 3 is 2.62 bits per heavy atom. The topological polar surface area (TPSA) is 47.3 Å². The van der Waals surface area contributed by atoms with E-state index in [0.717, 1.165) is 11.3 Å². The van der Waals surface area contributed by atoms with Crippen LogP contribution >= 0.6 is 0 Å². The molecule has 0 aliphatic rings. The summed E-state index contributed by atoms with van der Waals surface area (Å²) in [6.45, 7) is 0.219. The van der Waals surface area contributed by atoms with Gasteiger partial charge in [0.2, 0.25) is 0 Å². The van der Waals surface area contributed by atoms with Crippen LogP contribution in [0.4, 0.5) is 4.39 Å². The lowest BCUT2D eigenvalue weighted by atomic mass is 10.2. The SMILES string of the molecule is COc1ccc(Cn2nc(CO)c3cccc(F)c32)cc1. The van der Waals surface area contributed by atoms with Crippen LogP contribution in [0.1, 0.15) is 11.3 Å². The Bertz CT molecular complexity index is 766. The number of nitrogens with zero attached hydrogens (tertiary/aromatic N) is 2. The zero-order valence-electron chi connectivity index (χ0n) is 11.6. The average Bonchev–Trinajstić information content (AvgIpc) is 2.87. The molecule has 5 heteroatoms. The maximum Gasteiger partial charge on any atom is 0.149 e. The van der Waals surface area contributed by atoms with E-state index in [4.69, 9.17) is 4.74 Å². The second-order valence-electron chi connectivity index (χ2n) is 4.75. The number of hydrogen-bond acceptors (Lipinski definition) is 3. The first-order chi connectivity index (χ1) is 10.2. The third-order valence-corrected chi connectivity index (χ3v) is 3.44. The molecule has 0 amide bonds. The van der Waals surface area contributed by atoms with E-state index in [1.807, 2.05) is 24.3 Å². The van der Waals surface area contributed by atoms with Crippen LogP contribution < -0.4 is 4.74 Å². The Hall–Kier alpha value is -2.40. The van der Waals surface area contributed by atoms with Gasteiger partial charge >= 0.3 is 0 Å². The molecule has 21 heavy (non-hydrogen) atoms. The van der Waals surface area contributed by atoms with E-state index in [0.29, 0.717) is 23.1 Å². The van der Waals surface area contributed by atoms with Crippen molar-refractivity contribution in [3.63, 3.8) is 0 Å². The molecule has 0 aliphatic carbocycles. The van der Waals surface area contributed by atoms with Gasteiger partial charge in [-0.05, 0) is 23.8 Å². The molecule has 3 rings (SSSR count). The molecule has 4 nitrogen and oxygen atoms in total. The fourth-order valence-electron chi connectivity index (χ4n) is 2.40. The van der Waals surface area contributed by atoms with Crippen molar-refractivity contribution in [3.8, 4) is 5.75 Å². The lowest BCUT2D eigenvalue weighted by Crippen LogP contribution is -2.03. The number of aliphatic hydroxyl groups excluding tert-OH is 1. The maximum absolute atomic E-state index is 14.1. The van der Waals surface area contributed by atoms with Crippen molar-refractivity contribution in [1.82, 2.24) is 9.78 Å². The molecule has 0 atom stereocenters. The Balaban J connectivity index is 2.03. The number of hydrogen-bond donors (Lipinski definition) is 1. The molecular weight excluding hydrogens is 271 g/mol. The lowest BCUT2D eigenvalue weighted by molar-refractivity contribution is 0.276. The van der Waals surface area contributed by atoms with E-state index < -0.39 is 0 Å². The summed E-state index contributed by atoms with van der Waals surface area (Å²) < 4.78 is 20.8. The van der Waals surface area contributed by atoms with Crippen LogP contribution in [0.25, 0.3) is 10.9 Å². The molecule has 3 aromatic rings. The van der Waals surface area contributed by atoms with Gasteiger partial charge in [0.05, 0.1) is 26.0 Å². The average molecular weight is 286 g/mol. The monoisotopic (exact) mass is 286 g/mol. The van der Waals surface area contributed by atoms with Crippen LogP contribution in [-0.4, -0.2) is 22.0 Å². The van der Waals surface area contributed by atoms with Crippen molar-refractivity contribution in [2.45, 2.75) is 13.2 Å². The van der Waals surface area contributed by atoms with E-state index in [2.05, 4.69) is 5.10 Å². The summed E-state index contributed by atoms with van der Waals surface area (Å²) in [5.41, 5.74) is 1.88. The van der Waals surface area contributed by atoms with Gasteiger partial charge in [-0.3, -0.25) is 4.68 Å². The quantitative estimate of drug-likeness (QED) is 0.802. The lowest BCUT2D eigenvalue weighted by Gasteiger charge is -2.06. The van der Waals surface area contributed by atoms with Crippen LogP contribution in [0.2, 0.25) is 0 Å². The normalized spacial score (nSPS) is 11.0. The van der Waals surface area contributed by atoms with Crippen molar-refractivity contribution >= 4 is 10.9 Å². The minimum absolute atomic E-state index is 0.213. The maximum atomic E-state index is 14.1. The highest BCUT2D eigenvalue weighted by Crippen LogP contribution is 2.23. The molecule has 108 valence electrons. The minimum Gasteiger partial charge on any atom is -0.497 e. The van der Waals surface area contributed by atoms with Gasteiger partial charge in [0.1, 0.15) is 17.1 Å². The molecular formula is C16H15FN2O2. The molecule has 2 aromatic carbocycles. The molecule has 1 N–H and O–H groups in total. The van der Waals surface area contributed by atoms with Gasteiger partial charge in [-0.1, -0.05) is 24.3 Å². The number of fused-ring (bicyclic) bond motifs is 1. The number of aromatic nitrogens is 2. The van der Waals surface area contributed by atoms with E-state index in [9.17, 15) is 9.50 Å². The van der Waals surface area contributed by atoms with Crippen molar-refractivity contribution in [2.24, 2.45) is 0 Å². The van der Waals surface area contributed by atoms with Crippen LogP contribution in [0.3, 0.4) is 0 Å². The van der Waals surface area contributed by atoms with Crippen molar-refractivity contribution in [3.05, 3.63) is 59.5 Å². The highest BCUT2D eigenvalue weighted by molar-refractivity contribution is 5.82. The molecule has 0 saturated heterocycles. The van der Waals surface area contributed by atoms with Gasteiger partial charge in [-0.2, -0.15) is 5.10 Å². The summed E-state index contributed by atoms with van der Waals surface area (Å²) in [7, 11) is 1.61. The summed E-state index contributed by atoms with van der Waals surface area (Å²) in [4.78, 5) is 0. The summed E-state index contributed by atoms with van der Waals surface area (Å²) in [5, 5.41) is 14.3. The number of halogens is 1. The molecule has 0 unspecified atom stereocenters. The molecule has 0 spiro atoms. The van der Waals surface area contributed by atoms with Gasteiger partial charge in [-0.15, -0.1) is 0 Å². The first-order valence-electron chi connectivity index (χ1n) is 6.60. The van der Waals surface area contributed by atoms with Crippen LogP contribution in [-0.2, 0) is 13.2 Å². The molecule has 1 heterocycles. The first kappa shape index (κ1) is 13.6. The summed E-state index contributed by atoms with van der Waals surface area (Å²) >= 11 is 0. The zero-order chi connectivity index (χ0) is 14.8. The fourth-order valence-corrected chi connectivity index (χ4v) is 2.40. The summed E-state index contributed by atoms with van der Waals surface area (Å²) in [5.74, 6) is 0.430. The fraction of sp³-hybridized carbons (Fsp3) is 0.188. The molecule has 0 bridgehead atoms. The van der Waals surface area contributed by atoms with Gasteiger partial charge in [0.15, 0.2) is 0 Å². The largest absolute Gasteiger partial charge is 0.497 e. The molecule has 1 aromatic heterocycles. The number of methoxy groups -OCH3 is 1. The van der Waals surface area contributed by atoms with Crippen molar-refractivity contribution < 1.29 is 14.2 Å². The molecule has 0 aliphatic heterocycles. The Kier molecular flexibility index (Phi) is 3.58. The number of rotatable bonds is 4. The Morgan fingerprint density at radius 1 is 1.19 bits per heavy atom. The van der Waals surface area contributed by atoms with E-state index in [1.54, 1.807) is 23.9 Å². The number of aliphatic hydroxyl groups is 1. The molecule has 0 radical (unpaired) electrons. The van der Waals surface area contributed by atoms with E-state index in [-0.39, 0.29) is 12.4 Å². The smallest absolute Gasteiger partial charge is 0.149 e.